The SMILES string of the molecule is COc1ccc(C(=O)CCC(F)(F)C(F)F)cc1. The molecule has 6 heteroatoms. The van der Waals surface area contributed by atoms with Crippen LogP contribution >= 0.6 is 0 Å². The van der Waals surface area contributed by atoms with Crippen molar-refractivity contribution in [2.24, 2.45) is 0 Å². The summed E-state index contributed by atoms with van der Waals surface area (Å²) < 4.78 is 53.9. The second-order valence-corrected chi connectivity index (χ2v) is 3.71. The van der Waals surface area contributed by atoms with Gasteiger partial charge >= 0.3 is 12.3 Å². The predicted octanol–water partition coefficient (Wildman–Crippen LogP) is 3.56. The normalized spacial score (nSPS) is 11.7. The van der Waals surface area contributed by atoms with Crippen LogP contribution in [0.1, 0.15) is 23.2 Å². The van der Waals surface area contributed by atoms with Crippen molar-refractivity contribution in [3.8, 4) is 5.75 Å². The van der Waals surface area contributed by atoms with E-state index in [1.165, 1.54) is 31.4 Å². The molecule has 0 atom stereocenters. The largest absolute Gasteiger partial charge is 0.497 e. The zero-order valence-electron chi connectivity index (χ0n) is 9.63. The maximum absolute atomic E-state index is 12.6. The quantitative estimate of drug-likeness (QED) is 0.580. The lowest BCUT2D eigenvalue weighted by Crippen LogP contribution is -2.27. The highest BCUT2D eigenvalue weighted by Crippen LogP contribution is 2.28. The van der Waals surface area contributed by atoms with Crippen molar-refractivity contribution in [3.05, 3.63) is 29.8 Å². The van der Waals surface area contributed by atoms with Crippen molar-refractivity contribution < 1.29 is 27.1 Å². The lowest BCUT2D eigenvalue weighted by atomic mass is 10.0. The van der Waals surface area contributed by atoms with E-state index in [0.717, 1.165) is 0 Å². The average molecular weight is 264 g/mol. The maximum Gasteiger partial charge on any atom is 0.307 e. The number of ether oxygens (including phenoxy) is 1. The van der Waals surface area contributed by atoms with Crippen LogP contribution in [-0.2, 0) is 0 Å². The number of Topliss-reactive ketones (excluding diaryl/α,β-unsaturated/α-hetero) is 1. The molecular weight excluding hydrogens is 252 g/mol. The van der Waals surface area contributed by atoms with Crippen LogP contribution in [-0.4, -0.2) is 25.2 Å². The lowest BCUT2D eigenvalue weighted by molar-refractivity contribution is -0.132. The number of halogens is 4. The minimum absolute atomic E-state index is 0.195. The van der Waals surface area contributed by atoms with Crippen LogP contribution in [0, 0.1) is 0 Å². The van der Waals surface area contributed by atoms with E-state index in [9.17, 15) is 22.4 Å². The highest BCUT2D eigenvalue weighted by atomic mass is 19.3. The number of hydrogen-bond donors (Lipinski definition) is 0. The van der Waals surface area contributed by atoms with Gasteiger partial charge in [-0.3, -0.25) is 4.79 Å². The molecule has 0 spiro atoms. The average Bonchev–Trinajstić information content (AvgIpc) is 2.36. The Kier molecular flexibility index (Phi) is 4.69. The molecule has 0 aliphatic rings. The summed E-state index contributed by atoms with van der Waals surface area (Å²) >= 11 is 0. The summed E-state index contributed by atoms with van der Waals surface area (Å²) in [6.45, 7) is 0. The second kappa shape index (κ2) is 5.84. The minimum atomic E-state index is -4.12. The van der Waals surface area contributed by atoms with Crippen LogP contribution < -0.4 is 4.74 Å². The summed E-state index contributed by atoms with van der Waals surface area (Å²) in [7, 11) is 1.44. The van der Waals surface area contributed by atoms with E-state index in [1.807, 2.05) is 0 Å². The summed E-state index contributed by atoms with van der Waals surface area (Å²) in [6.07, 6.45) is -5.53. The Morgan fingerprint density at radius 1 is 1.28 bits per heavy atom. The minimum Gasteiger partial charge on any atom is -0.497 e. The third-order valence-corrected chi connectivity index (χ3v) is 2.42. The Balaban J connectivity index is 2.60. The Hall–Kier alpha value is -1.59. The van der Waals surface area contributed by atoms with Crippen molar-refractivity contribution in [1.29, 1.82) is 0 Å². The Morgan fingerprint density at radius 2 is 1.83 bits per heavy atom. The van der Waals surface area contributed by atoms with Gasteiger partial charge in [-0.25, -0.2) is 17.6 Å². The van der Waals surface area contributed by atoms with Crippen LogP contribution in [0.5, 0.6) is 5.75 Å². The highest BCUT2D eigenvalue weighted by Gasteiger charge is 2.40. The highest BCUT2D eigenvalue weighted by molar-refractivity contribution is 5.96. The summed E-state index contributed by atoms with van der Waals surface area (Å²) in [4.78, 5) is 11.5. The van der Waals surface area contributed by atoms with Crippen LogP contribution in [0.3, 0.4) is 0 Å². The van der Waals surface area contributed by atoms with Gasteiger partial charge in [0.15, 0.2) is 5.78 Å². The number of methoxy groups -OCH3 is 1. The van der Waals surface area contributed by atoms with E-state index in [2.05, 4.69) is 0 Å². The molecule has 0 bridgehead atoms. The standard InChI is InChI=1S/C12H12F4O2/c1-18-9-4-2-8(3-5-9)10(17)6-7-12(15,16)11(13)14/h2-5,11H,6-7H2,1H3. The number of rotatable bonds is 6. The molecule has 0 fully saturated rings. The lowest BCUT2D eigenvalue weighted by Gasteiger charge is -2.14. The van der Waals surface area contributed by atoms with E-state index < -0.39 is 31.0 Å². The fourth-order valence-corrected chi connectivity index (χ4v) is 1.31. The first-order chi connectivity index (χ1) is 8.36. The molecule has 1 aromatic carbocycles. The summed E-state index contributed by atoms with van der Waals surface area (Å²) in [6, 6.07) is 5.81. The molecule has 18 heavy (non-hydrogen) atoms. The Bertz CT molecular complexity index is 401. The van der Waals surface area contributed by atoms with Crippen molar-refractivity contribution in [1.82, 2.24) is 0 Å². The molecule has 1 aromatic rings. The molecule has 2 nitrogen and oxygen atoms in total. The van der Waals surface area contributed by atoms with Crippen LogP contribution in [0.4, 0.5) is 17.6 Å². The van der Waals surface area contributed by atoms with E-state index in [-0.39, 0.29) is 5.56 Å². The van der Waals surface area contributed by atoms with E-state index >= 15 is 0 Å². The molecular formula is C12H12F4O2. The first kappa shape index (κ1) is 14.5. The number of ketones is 1. The van der Waals surface area contributed by atoms with Crippen molar-refractivity contribution in [2.45, 2.75) is 25.2 Å². The van der Waals surface area contributed by atoms with Gasteiger partial charge < -0.3 is 4.74 Å². The first-order valence-corrected chi connectivity index (χ1v) is 5.20. The number of carbonyl (C=O) groups is 1. The van der Waals surface area contributed by atoms with Crippen molar-refractivity contribution in [3.63, 3.8) is 0 Å². The van der Waals surface area contributed by atoms with E-state index in [1.54, 1.807) is 0 Å². The van der Waals surface area contributed by atoms with Gasteiger partial charge in [-0.15, -0.1) is 0 Å². The van der Waals surface area contributed by atoms with Crippen LogP contribution in [0.15, 0.2) is 24.3 Å². The molecule has 0 saturated heterocycles. The van der Waals surface area contributed by atoms with Crippen molar-refractivity contribution >= 4 is 5.78 Å². The molecule has 0 unspecified atom stereocenters. The third-order valence-electron chi connectivity index (χ3n) is 2.42. The Morgan fingerprint density at radius 3 is 2.28 bits per heavy atom. The number of carbonyl (C=O) groups excluding carboxylic acids is 1. The van der Waals surface area contributed by atoms with Gasteiger partial charge in [-0.05, 0) is 24.3 Å². The molecule has 0 amide bonds. The van der Waals surface area contributed by atoms with E-state index in [4.69, 9.17) is 4.74 Å². The smallest absolute Gasteiger partial charge is 0.307 e. The van der Waals surface area contributed by atoms with Crippen LogP contribution in [0.2, 0.25) is 0 Å². The van der Waals surface area contributed by atoms with E-state index in [0.29, 0.717) is 5.75 Å². The monoisotopic (exact) mass is 264 g/mol. The van der Waals surface area contributed by atoms with Crippen molar-refractivity contribution in [2.75, 3.05) is 7.11 Å². The Labute approximate surface area is 102 Å². The zero-order chi connectivity index (χ0) is 13.8. The fourth-order valence-electron chi connectivity index (χ4n) is 1.31. The van der Waals surface area contributed by atoms with Gasteiger partial charge in [0.25, 0.3) is 0 Å². The number of hydrogen-bond acceptors (Lipinski definition) is 2. The second-order valence-electron chi connectivity index (χ2n) is 3.71. The number of benzene rings is 1. The molecule has 0 saturated carbocycles. The molecule has 0 aliphatic carbocycles. The molecule has 0 heterocycles. The van der Waals surface area contributed by atoms with Crippen LogP contribution in [0.25, 0.3) is 0 Å². The molecule has 1 rings (SSSR count). The molecule has 0 N–H and O–H groups in total. The van der Waals surface area contributed by atoms with Gasteiger partial charge in [-0.1, -0.05) is 0 Å². The van der Waals surface area contributed by atoms with Gasteiger partial charge in [0, 0.05) is 18.4 Å². The van der Waals surface area contributed by atoms with Gasteiger partial charge in [0.2, 0.25) is 0 Å². The third kappa shape index (κ3) is 3.72. The summed E-state index contributed by atoms with van der Waals surface area (Å²) in [5.41, 5.74) is 0.195. The van der Waals surface area contributed by atoms with Gasteiger partial charge in [-0.2, -0.15) is 0 Å². The fraction of sp³-hybridized carbons (Fsp3) is 0.417. The summed E-state index contributed by atoms with van der Waals surface area (Å²) in [5.74, 6) is -4.20. The molecule has 0 aromatic heterocycles. The maximum atomic E-state index is 12.6. The molecule has 100 valence electrons. The van der Waals surface area contributed by atoms with Gasteiger partial charge in [0.1, 0.15) is 5.75 Å². The van der Waals surface area contributed by atoms with Gasteiger partial charge in [0.05, 0.1) is 7.11 Å². The summed E-state index contributed by atoms with van der Waals surface area (Å²) in [5, 5.41) is 0. The predicted molar refractivity (Wildman–Crippen MR) is 57.5 cm³/mol. The number of alkyl halides is 4. The first-order valence-electron chi connectivity index (χ1n) is 5.20. The topological polar surface area (TPSA) is 26.3 Å². The zero-order valence-corrected chi connectivity index (χ0v) is 9.63. The molecule has 0 aliphatic heterocycles. The molecule has 0 radical (unpaired) electrons.